The van der Waals surface area contributed by atoms with Crippen LogP contribution in [0.15, 0.2) is 102 Å². The van der Waals surface area contributed by atoms with E-state index in [2.05, 4.69) is 44.5 Å². The molecule has 0 saturated heterocycles. The van der Waals surface area contributed by atoms with Crippen LogP contribution in [0.3, 0.4) is 0 Å². The molecule has 0 bridgehead atoms. The summed E-state index contributed by atoms with van der Waals surface area (Å²) in [4.78, 5) is 13.8. The van der Waals surface area contributed by atoms with Crippen LogP contribution >= 0.6 is 22.7 Å². The van der Waals surface area contributed by atoms with Crippen molar-refractivity contribution in [2.45, 2.75) is 6.54 Å². The molecule has 2 N–H and O–H groups in total. The molecule has 0 aliphatic heterocycles. The number of thiophene rings is 2. The van der Waals surface area contributed by atoms with Gasteiger partial charge in [-0.15, -0.1) is 16.4 Å². The zero-order valence-corrected chi connectivity index (χ0v) is 20.7. The minimum atomic E-state index is -0.128. The summed E-state index contributed by atoms with van der Waals surface area (Å²) < 4.78 is 2.90. The van der Waals surface area contributed by atoms with Crippen molar-refractivity contribution in [3.05, 3.63) is 112 Å². The molecule has 0 saturated carbocycles. The first-order chi connectivity index (χ1) is 17.7. The molecule has 8 heteroatoms. The van der Waals surface area contributed by atoms with Crippen LogP contribution in [-0.2, 0) is 6.54 Å². The van der Waals surface area contributed by atoms with Gasteiger partial charge in [-0.1, -0.05) is 47.7 Å². The monoisotopic (exact) mass is 507 g/mol. The Morgan fingerprint density at radius 3 is 2.58 bits per heavy atom. The second-order valence-corrected chi connectivity index (χ2v) is 10.2. The van der Waals surface area contributed by atoms with Gasteiger partial charge in [0.15, 0.2) is 0 Å². The molecule has 3 heterocycles. The lowest BCUT2D eigenvalue weighted by Crippen LogP contribution is -2.11. The molecule has 176 valence electrons. The Bertz CT molecular complexity index is 1640. The van der Waals surface area contributed by atoms with Crippen molar-refractivity contribution < 1.29 is 4.79 Å². The van der Waals surface area contributed by atoms with Crippen LogP contribution in [0, 0.1) is 0 Å². The number of anilines is 3. The standard InChI is InChI=1S/C28H21N5OS2/c34-28(30-24-9-5-4-8-23(24)29-22-6-2-1-3-7-22)27-15-20-11-10-19(14-26(20)36-27)16-33-17-25(31-32-33)21-12-13-35-18-21/h1-15,17-18,29H,16H2,(H,30,34). The number of hydrogen-bond donors (Lipinski definition) is 2. The van der Waals surface area contributed by atoms with Crippen molar-refractivity contribution in [1.29, 1.82) is 0 Å². The maximum Gasteiger partial charge on any atom is 0.265 e. The summed E-state index contributed by atoms with van der Waals surface area (Å²) in [5.41, 5.74) is 5.59. The lowest BCUT2D eigenvalue weighted by atomic mass is 10.1. The van der Waals surface area contributed by atoms with E-state index in [1.165, 1.54) is 11.3 Å². The second-order valence-electron chi connectivity index (χ2n) is 8.29. The van der Waals surface area contributed by atoms with E-state index in [-0.39, 0.29) is 5.91 Å². The van der Waals surface area contributed by atoms with Crippen molar-refractivity contribution in [3.63, 3.8) is 0 Å². The van der Waals surface area contributed by atoms with Gasteiger partial charge in [-0.2, -0.15) is 11.3 Å². The lowest BCUT2D eigenvalue weighted by Gasteiger charge is -2.12. The number of aromatic nitrogens is 3. The number of amides is 1. The average molecular weight is 508 g/mol. The van der Waals surface area contributed by atoms with Crippen molar-refractivity contribution in [1.82, 2.24) is 15.0 Å². The number of nitrogens with one attached hydrogen (secondary N) is 2. The molecule has 6 nitrogen and oxygen atoms in total. The molecule has 0 atom stereocenters. The number of carbonyl (C=O) groups is 1. The summed E-state index contributed by atoms with van der Waals surface area (Å²) in [6.45, 7) is 0.616. The molecule has 3 aromatic carbocycles. The molecule has 0 aliphatic carbocycles. The fourth-order valence-electron chi connectivity index (χ4n) is 3.95. The molecule has 0 radical (unpaired) electrons. The van der Waals surface area contributed by atoms with Crippen molar-refractivity contribution in [3.8, 4) is 11.3 Å². The molecular formula is C28H21N5OS2. The van der Waals surface area contributed by atoms with E-state index >= 15 is 0 Å². The van der Waals surface area contributed by atoms with Gasteiger partial charge in [-0.25, -0.2) is 4.68 Å². The first-order valence-corrected chi connectivity index (χ1v) is 13.1. The van der Waals surface area contributed by atoms with Gasteiger partial charge in [0.05, 0.1) is 29.0 Å². The van der Waals surface area contributed by atoms with Crippen molar-refractivity contribution >= 4 is 55.7 Å². The predicted molar refractivity (Wildman–Crippen MR) is 148 cm³/mol. The van der Waals surface area contributed by atoms with Gasteiger partial charge in [-0.05, 0) is 58.8 Å². The van der Waals surface area contributed by atoms with Gasteiger partial charge in [0.1, 0.15) is 5.69 Å². The number of para-hydroxylation sites is 3. The zero-order chi connectivity index (χ0) is 24.3. The number of benzene rings is 3. The normalized spacial score (nSPS) is 11.0. The van der Waals surface area contributed by atoms with Crippen LogP contribution in [0.25, 0.3) is 21.3 Å². The maximum atomic E-state index is 13.1. The molecule has 3 aromatic heterocycles. The predicted octanol–water partition coefficient (Wildman–Crippen LogP) is 7.27. The highest BCUT2D eigenvalue weighted by Crippen LogP contribution is 2.30. The molecule has 0 spiro atoms. The quantitative estimate of drug-likeness (QED) is 0.238. The Hall–Kier alpha value is -4.27. The van der Waals surface area contributed by atoms with Crippen molar-refractivity contribution in [2.75, 3.05) is 10.6 Å². The summed E-state index contributed by atoms with van der Waals surface area (Å²) >= 11 is 3.13. The summed E-state index contributed by atoms with van der Waals surface area (Å²) in [5.74, 6) is -0.128. The van der Waals surface area contributed by atoms with E-state index in [1.54, 1.807) is 11.3 Å². The Morgan fingerprint density at radius 1 is 0.917 bits per heavy atom. The minimum absolute atomic E-state index is 0.128. The first-order valence-electron chi connectivity index (χ1n) is 11.4. The highest BCUT2D eigenvalue weighted by atomic mass is 32.1. The summed E-state index contributed by atoms with van der Waals surface area (Å²) in [5, 5.41) is 20.1. The van der Waals surface area contributed by atoms with E-state index < -0.39 is 0 Å². The average Bonchev–Trinajstić information content (AvgIpc) is 3.66. The molecular weight excluding hydrogens is 486 g/mol. The number of rotatable bonds is 7. The highest BCUT2D eigenvalue weighted by molar-refractivity contribution is 7.20. The maximum absolute atomic E-state index is 13.1. The molecule has 36 heavy (non-hydrogen) atoms. The van der Waals surface area contributed by atoms with Crippen molar-refractivity contribution in [2.24, 2.45) is 0 Å². The van der Waals surface area contributed by atoms with Gasteiger partial charge in [-0.3, -0.25) is 4.79 Å². The topological polar surface area (TPSA) is 71.8 Å². The lowest BCUT2D eigenvalue weighted by molar-refractivity contribution is 0.103. The third-order valence-corrected chi connectivity index (χ3v) is 7.52. The van der Waals surface area contributed by atoms with Crippen LogP contribution in [0.5, 0.6) is 0 Å². The van der Waals surface area contributed by atoms with E-state index in [1.807, 2.05) is 83.0 Å². The first kappa shape index (κ1) is 22.2. The summed E-state index contributed by atoms with van der Waals surface area (Å²) in [6, 6.07) is 27.8. The van der Waals surface area contributed by atoms with Crippen LogP contribution in [0.4, 0.5) is 17.1 Å². The van der Waals surface area contributed by atoms with E-state index in [9.17, 15) is 4.79 Å². The fraction of sp³-hybridized carbons (Fsp3) is 0.0357. The third kappa shape index (κ3) is 4.77. The zero-order valence-electron chi connectivity index (χ0n) is 19.1. The number of carbonyl (C=O) groups excluding carboxylic acids is 1. The molecule has 1 amide bonds. The van der Waals surface area contributed by atoms with E-state index in [0.29, 0.717) is 11.4 Å². The summed E-state index contributed by atoms with van der Waals surface area (Å²) in [7, 11) is 0. The number of hydrogen-bond acceptors (Lipinski definition) is 6. The molecule has 0 unspecified atom stereocenters. The summed E-state index contributed by atoms with van der Waals surface area (Å²) in [6.07, 6.45) is 1.96. The van der Waals surface area contributed by atoms with Crippen LogP contribution in [0.1, 0.15) is 15.2 Å². The Labute approximate surface area is 215 Å². The van der Waals surface area contributed by atoms with Crippen LogP contribution in [0.2, 0.25) is 0 Å². The molecule has 6 rings (SSSR count). The molecule has 0 aliphatic rings. The fourth-order valence-corrected chi connectivity index (χ4v) is 5.62. The Kier molecular flexibility index (Phi) is 6.03. The van der Waals surface area contributed by atoms with Crippen LogP contribution in [-0.4, -0.2) is 20.9 Å². The van der Waals surface area contributed by atoms with Crippen LogP contribution < -0.4 is 10.6 Å². The molecule has 0 fully saturated rings. The smallest absolute Gasteiger partial charge is 0.265 e. The van der Waals surface area contributed by atoms with Gasteiger partial charge in [0.2, 0.25) is 0 Å². The number of fused-ring (bicyclic) bond motifs is 1. The highest BCUT2D eigenvalue weighted by Gasteiger charge is 2.13. The van der Waals surface area contributed by atoms with E-state index in [0.717, 1.165) is 44.0 Å². The Morgan fingerprint density at radius 2 is 1.75 bits per heavy atom. The Balaban J connectivity index is 1.19. The van der Waals surface area contributed by atoms with Gasteiger partial charge in [0.25, 0.3) is 5.91 Å². The second kappa shape index (κ2) is 9.77. The van der Waals surface area contributed by atoms with Gasteiger partial charge >= 0.3 is 0 Å². The SMILES string of the molecule is O=C(Nc1ccccc1Nc1ccccc1)c1cc2ccc(Cn3cc(-c4ccsc4)nn3)cc2s1. The third-order valence-electron chi connectivity index (χ3n) is 5.74. The van der Waals surface area contributed by atoms with E-state index in [4.69, 9.17) is 0 Å². The van der Waals surface area contributed by atoms with Gasteiger partial charge in [0, 0.05) is 21.3 Å². The number of nitrogens with zero attached hydrogens (tertiary/aromatic N) is 3. The van der Waals surface area contributed by atoms with Gasteiger partial charge < -0.3 is 10.6 Å². The molecule has 6 aromatic rings. The largest absolute Gasteiger partial charge is 0.354 e. The minimum Gasteiger partial charge on any atom is -0.354 e.